The first-order valence-corrected chi connectivity index (χ1v) is 6.80. The highest BCUT2D eigenvalue weighted by Gasteiger charge is 2.16. The Balaban J connectivity index is 1.53. The molecule has 0 saturated carbocycles. The van der Waals surface area contributed by atoms with Gasteiger partial charge in [-0.3, -0.25) is 0 Å². The molecule has 2 aliphatic heterocycles. The largest absolute Gasteiger partial charge is 0.338 e. The van der Waals surface area contributed by atoms with Crippen molar-refractivity contribution in [1.82, 2.24) is 21.3 Å². The fraction of sp³-hybridized carbons (Fsp3) is 0.917. The molecule has 0 spiro atoms. The minimum Gasteiger partial charge on any atom is -0.338 e. The second kappa shape index (κ2) is 6.81. The van der Waals surface area contributed by atoms with Gasteiger partial charge in [-0.1, -0.05) is 0 Å². The van der Waals surface area contributed by atoms with E-state index in [1.54, 1.807) is 0 Å². The molecule has 2 fully saturated rings. The minimum absolute atomic E-state index is 0.0238. The molecule has 0 aromatic rings. The normalized spacial score (nSPS) is 28.9. The fourth-order valence-electron chi connectivity index (χ4n) is 2.54. The number of carbonyl (C=O) groups excluding carboxylic acids is 1. The average Bonchev–Trinajstić information content (AvgIpc) is 2.88. The lowest BCUT2D eigenvalue weighted by Crippen LogP contribution is -2.45. The lowest BCUT2D eigenvalue weighted by molar-refractivity contribution is 0.236. The zero-order valence-electron chi connectivity index (χ0n) is 10.4. The monoisotopic (exact) mass is 240 g/mol. The lowest BCUT2D eigenvalue weighted by atomic mass is 10.00. The first-order chi connectivity index (χ1) is 8.34. The van der Waals surface area contributed by atoms with Crippen molar-refractivity contribution in [2.75, 3.05) is 32.7 Å². The summed E-state index contributed by atoms with van der Waals surface area (Å²) in [6, 6.07) is 0.446. The van der Waals surface area contributed by atoms with Crippen LogP contribution in [0, 0.1) is 5.92 Å². The highest BCUT2D eigenvalue weighted by Crippen LogP contribution is 2.08. The van der Waals surface area contributed by atoms with Crippen molar-refractivity contribution in [3.8, 4) is 0 Å². The molecule has 0 aromatic heterocycles. The van der Waals surface area contributed by atoms with Gasteiger partial charge in [-0.2, -0.15) is 0 Å². The van der Waals surface area contributed by atoms with E-state index in [-0.39, 0.29) is 6.03 Å². The summed E-state index contributed by atoms with van der Waals surface area (Å²) in [6.45, 7) is 4.77. The molecule has 0 aromatic carbocycles. The van der Waals surface area contributed by atoms with Crippen LogP contribution in [-0.4, -0.2) is 44.8 Å². The predicted molar refractivity (Wildman–Crippen MR) is 68.0 cm³/mol. The smallest absolute Gasteiger partial charge is 0.314 e. The van der Waals surface area contributed by atoms with Gasteiger partial charge in [0.25, 0.3) is 0 Å². The van der Waals surface area contributed by atoms with Crippen molar-refractivity contribution in [2.24, 2.45) is 5.92 Å². The van der Waals surface area contributed by atoms with Crippen LogP contribution in [0.25, 0.3) is 0 Å². The molecule has 2 amide bonds. The topological polar surface area (TPSA) is 65.2 Å². The number of hydrogen-bond acceptors (Lipinski definition) is 3. The van der Waals surface area contributed by atoms with Crippen LogP contribution >= 0.6 is 0 Å². The molecule has 2 saturated heterocycles. The summed E-state index contributed by atoms with van der Waals surface area (Å²) in [5.74, 6) is 0.596. The maximum atomic E-state index is 11.6. The number of urea groups is 1. The highest BCUT2D eigenvalue weighted by atomic mass is 16.2. The van der Waals surface area contributed by atoms with Gasteiger partial charge in [0.05, 0.1) is 0 Å². The van der Waals surface area contributed by atoms with Crippen molar-refractivity contribution in [2.45, 2.75) is 31.7 Å². The van der Waals surface area contributed by atoms with Gasteiger partial charge in [-0.05, 0) is 51.2 Å². The van der Waals surface area contributed by atoms with Crippen LogP contribution in [0.1, 0.15) is 25.7 Å². The van der Waals surface area contributed by atoms with Crippen molar-refractivity contribution in [3.63, 3.8) is 0 Å². The van der Waals surface area contributed by atoms with E-state index in [0.717, 1.165) is 32.7 Å². The SMILES string of the molecule is O=C(NCC1CCCNC1)NCC1CCCN1. The number of piperidine rings is 1. The van der Waals surface area contributed by atoms with Crippen molar-refractivity contribution in [1.29, 1.82) is 0 Å². The molecule has 2 atom stereocenters. The van der Waals surface area contributed by atoms with Gasteiger partial charge in [0, 0.05) is 19.1 Å². The average molecular weight is 240 g/mol. The molecular weight excluding hydrogens is 216 g/mol. The van der Waals surface area contributed by atoms with Gasteiger partial charge in [0.15, 0.2) is 0 Å². The van der Waals surface area contributed by atoms with Gasteiger partial charge in [-0.15, -0.1) is 0 Å². The molecule has 98 valence electrons. The molecule has 2 heterocycles. The zero-order valence-corrected chi connectivity index (χ0v) is 10.4. The first-order valence-electron chi connectivity index (χ1n) is 6.80. The molecule has 5 heteroatoms. The number of nitrogens with one attached hydrogen (secondary N) is 4. The quantitative estimate of drug-likeness (QED) is 0.561. The third-order valence-corrected chi connectivity index (χ3v) is 3.62. The van der Waals surface area contributed by atoms with E-state index in [4.69, 9.17) is 0 Å². The van der Waals surface area contributed by atoms with Gasteiger partial charge < -0.3 is 21.3 Å². The maximum Gasteiger partial charge on any atom is 0.314 e. The van der Waals surface area contributed by atoms with Crippen molar-refractivity contribution < 1.29 is 4.79 Å². The second-order valence-corrected chi connectivity index (χ2v) is 5.10. The second-order valence-electron chi connectivity index (χ2n) is 5.10. The van der Waals surface area contributed by atoms with Gasteiger partial charge in [0.2, 0.25) is 0 Å². The Morgan fingerprint density at radius 2 is 1.94 bits per heavy atom. The minimum atomic E-state index is -0.0238. The predicted octanol–water partition coefficient (Wildman–Crippen LogP) is 0.0372. The van der Waals surface area contributed by atoms with E-state index >= 15 is 0 Å². The number of amides is 2. The van der Waals surface area contributed by atoms with Gasteiger partial charge >= 0.3 is 6.03 Å². The number of hydrogen-bond donors (Lipinski definition) is 4. The van der Waals surface area contributed by atoms with Crippen LogP contribution in [0.15, 0.2) is 0 Å². The molecule has 2 unspecified atom stereocenters. The van der Waals surface area contributed by atoms with Crippen LogP contribution in [-0.2, 0) is 0 Å². The van der Waals surface area contributed by atoms with Crippen LogP contribution in [0.2, 0.25) is 0 Å². The Kier molecular flexibility index (Phi) is 5.07. The molecule has 2 rings (SSSR count). The highest BCUT2D eigenvalue weighted by molar-refractivity contribution is 5.73. The maximum absolute atomic E-state index is 11.6. The van der Waals surface area contributed by atoms with Crippen LogP contribution in [0.3, 0.4) is 0 Å². The number of rotatable bonds is 4. The van der Waals surface area contributed by atoms with E-state index in [9.17, 15) is 4.79 Å². The molecule has 0 radical (unpaired) electrons. The summed E-state index contributed by atoms with van der Waals surface area (Å²) in [7, 11) is 0. The van der Waals surface area contributed by atoms with E-state index in [0.29, 0.717) is 12.0 Å². The Morgan fingerprint density at radius 1 is 1.12 bits per heavy atom. The third kappa shape index (κ3) is 4.52. The molecule has 2 aliphatic rings. The van der Waals surface area contributed by atoms with Gasteiger partial charge in [-0.25, -0.2) is 4.79 Å². The van der Waals surface area contributed by atoms with E-state index in [1.807, 2.05) is 0 Å². The molecule has 4 N–H and O–H groups in total. The zero-order chi connectivity index (χ0) is 11.9. The van der Waals surface area contributed by atoms with Crippen molar-refractivity contribution >= 4 is 6.03 Å². The molecule has 0 bridgehead atoms. The Labute approximate surface area is 103 Å². The summed E-state index contributed by atoms with van der Waals surface area (Å²) in [5, 5.41) is 12.6. The Morgan fingerprint density at radius 3 is 2.65 bits per heavy atom. The molecular formula is C12H24N4O. The Hall–Kier alpha value is -0.810. The standard InChI is InChI=1S/C12H24N4O/c17-12(16-9-11-4-2-6-14-11)15-8-10-3-1-5-13-7-10/h10-11,13-14H,1-9H2,(H2,15,16,17). The van der Waals surface area contributed by atoms with E-state index < -0.39 is 0 Å². The van der Waals surface area contributed by atoms with Crippen LogP contribution in [0.4, 0.5) is 4.79 Å². The van der Waals surface area contributed by atoms with Crippen molar-refractivity contribution in [3.05, 3.63) is 0 Å². The van der Waals surface area contributed by atoms with Gasteiger partial charge in [0.1, 0.15) is 0 Å². The number of carbonyl (C=O) groups is 1. The fourth-order valence-corrected chi connectivity index (χ4v) is 2.54. The summed E-state index contributed by atoms with van der Waals surface area (Å²) in [6.07, 6.45) is 4.84. The first kappa shape index (κ1) is 12.6. The van der Waals surface area contributed by atoms with E-state index in [2.05, 4.69) is 21.3 Å². The summed E-state index contributed by atoms with van der Waals surface area (Å²) >= 11 is 0. The van der Waals surface area contributed by atoms with E-state index in [1.165, 1.54) is 25.7 Å². The summed E-state index contributed by atoms with van der Waals surface area (Å²) in [4.78, 5) is 11.6. The molecule has 17 heavy (non-hydrogen) atoms. The Bertz CT molecular complexity index is 235. The van der Waals surface area contributed by atoms with Crippen LogP contribution in [0.5, 0.6) is 0 Å². The summed E-state index contributed by atoms with van der Waals surface area (Å²) < 4.78 is 0. The van der Waals surface area contributed by atoms with Crippen LogP contribution < -0.4 is 21.3 Å². The molecule has 0 aliphatic carbocycles. The lowest BCUT2D eigenvalue weighted by Gasteiger charge is -2.23. The third-order valence-electron chi connectivity index (χ3n) is 3.62. The summed E-state index contributed by atoms with van der Waals surface area (Å²) in [5.41, 5.74) is 0. The molecule has 5 nitrogen and oxygen atoms in total.